The van der Waals surface area contributed by atoms with Gasteiger partial charge in [-0.05, 0) is 18.6 Å². The number of carbonyl (C=O) groups is 1. The van der Waals surface area contributed by atoms with Crippen molar-refractivity contribution in [3.8, 4) is 0 Å². The van der Waals surface area contributed by atoms with Gasteiger partial charge in [0.15, 0.2) is 5.82 Å². The topological polar surface area (TPSA) is 58.4 Å². The number of rotatable bonds is 3. The average molecular weight is 271 g/mol. The second kappa shape index (κ2) is 5.00. The largest absolute Gasteiger partial charge is 0.361 e. The zero-order chi connectivity index (χ0) is 14.1. The van der Waals surface area contributed by atoms with E-state index in [0.717, 1.165) is 12.2 Å². The van der Waals surface area contributed by atoms with Crippen molar-refractivity contribution in [3.05, 3.63) is 41.7 Å². The third-order valence-corrected chi connectivity index (χ3v) is 3.53. The van der Waals surface area contributed by atoms with Gasteiger partial charge in [0.1, 0.15) is 5.76 Å². The molecule has 1 N–H and O–H groups in total. The first-order valence-electron chi connectivity index (χ1n) is 6.70. The third kappa shape index (κ3) is 2.39. The van der Waals surface area contributed by atoms with E-state index in [4.69, 9.17) is 4.52 Å². The zero-order valence-corrected chi connectivity index (χ0v) is 11.6. The number of aryl methyl sites for hydroxylation is 1. The summed E-state index contributed by atoms with van der Waals surface area (Å²) in [6, 6.07) is 9.93. The lowest BCUT2D eigenvalue weighted by Gasteiger charge is -2.18. The monoisotopic (exact) mass is 271 g/mol. The number of benzene rings is 1. The molecule has 2 heterocycles. The van der Waals surface area contributed by atoms with E-state index in [0.29, 0.717) is 24.0 Å². The van der Waals surface area contributed by atoms with E-state index < -0.39 is 0 Å². The molecule has 104 valence electrons. The highest BCUT2D eigenvalue weighted by atomic mass is 16.5. The predicted molar refractivity (Wildman–Crippen MR) is 76.9 cm³/mol. The van der Waals surface area contributed by atoms with E-state index in [9.17, 15) is 4.79 Å². The lowest BCUT2D eigenvalue weighted by Crippen LogP contribution is -2.32. The fraction of sp³-hybridized carbons (Fsp3) is 0.333. The quantitative estimate of drug-likeness (QED) is 0.932. The van der Waals surface area contributed by atoms with Crippen LogP contribution < -0.4 is 10.2 Å². The molecule has 5 heteroatoms. The molecule has 0 unspecified atom stereocenters. The van der Waals surface area contributed by atoms with Gasteiger partial charge in [-0.2, -0.15) is 0 Å². The second-order valence-electron chi connectivity index (χ2n) is 5.21. The first kappa shape index (κ1) is 12.7. The molecule has 2 aromatic rings. The van der Waals surface area contributed by atoms with Crippen LogP contribution in [0.1, 0.15) is 24.2 Å². The van der Waals surface area contributed by atoms with Crippen LogP contribution in [0.3, 0.4) is 0 Å². The van der Waals surface area contributed by atoms with Crippen LogP contribution in [0.2, 0.25) is 0 Å². The highest BCUT2D eigenvalue weighted by Gasteiger charge is 2.26. The molecular formula is C15H17N3O2. The summed E-state index contributed by atoms with van der Waals surface area (Å²) >= 11 is 0. The number of hydrogen-bond donors (Lipinski definition) is 1. The van der Waals surface area contributed by atoms with Crippen LogP contribution in [0, 0.1) is 6.92 Å². The Kier molecular flexibility index (Phi) is 3.18. The zero-order valence-electron chi connectivity index (χ0n) is 11.6. The summed E-state index contributed by atoms with van der Waals surface area (Å²) in [4.78, 5) is 14.2. The van der Waals surface area contributed by atoms with Crippen molar-refractivity contribution < 1.29 is 9.32 Å². The molecule has 0 fully saturated rings. The summed E-state index contributed by atoms with van der Waals surface area (Å²) < 4.78 is 4.93. The van der Waals surface area contributed by atoms with Crippen molar-refractivity contribution >= 4 is 17.4 Å². The van der Waals surface area contributed by atoms with Gasteiger partial charge in [-0.15, -0.1) is 0 Å². The maximum atomic E-state index is 12.1. The van der Waals surface area contributed by atoms with E-state index in [2.05, 4.69) is 34.4 Å². The molecule has 0 saturated heterocycles. The van der Waals surface area contributed by atoms with Crippen LogP contribution >= 0.6 is 0 Å². The molecule has 1 aliphatic rings. The summed E-state index contributed by atoms with van der Waals surface area (Å²) in [6.07, 6.45) is 0. The van der Waals surface area contributed by atoms with Gasteiger partial charge in [-0.1, -0.05) is 30.3 Å². The molecule has 1 atom stereocenters. The van der Waals surface area contributed by atoms with Crippen LogP contribution in [0.5, 0.6) is 0 Å². The van der Waals surface area contributed by atoms with Crippen LogP contribution in [0.15, 0.2) is 34.9 Å². The lowest BCUT2D eigenvalue weighted by molar-refractivity contribution is -0.115. The van der Waals surface area contributed by atoms with Gasteiger partial charge in [0.2, 0.25) is 5.91 Å². The minimum Gasteiger partial charge on any atom is -0.361 e. The van der Waals surface area contributed by atoms with Gasteiger partial charge >= 0.3 is 0 Å². The van der Waals surface area contributed by atoms with Crippen molar-refractivity contribution in [2.45, 2.75) is 19.8 Å². The Morgan fingerprint density at radius 2 is 2.30 bits per heavy atom. The number of hydrogen-bond acceptors (Lipinski definition) is 4. The van der Waals surface area contributed by atoms with Gasteiger partial charge in [0.25, 0.3) is 0 Å². The van der Waals surface area contributed by atoms with Gasteiger partial charge in [-0.3, -0.25) is 4.79 Å². The van der Waals surface area contributed by atoms with Gasteiger partial charge in [0.05, 0.1) is 6.54 Å². The normalized spacial score (nSPS) is 17.1. The summed E-state index contributed by atoms with van der Waals surface area (Å²) in [5, 5.41) is 6.51. The Morgan fingerprint density at radius 3 is 3.05 bits per heavy atom. The first-order valence-corrected chi connectivity index (χ1v) is 6.70. The molecule has 0 aliphatic carbocycles. The number of amides is 1. The second-order valence-corrected chi connectivity index (χ2v) is 5.21. The maximum Gasteiger partial charge on any atom is 0.245 e. The molecule has 3 rings (SSSR count). The van der Waals surface area contributed by atoms with Crippen molar-refractivity contribution in [1.29, 1.82) is 0 Å². The van der Waals surface area contributed by atoms with E-state index in [1.54, 1.807) is 13.0 Å². The fourth-order valence-electron chi connectivity index (χ4n) is 2.65. The number of carbonyl (C=O) groups excluding carboxylic acids is 1. The number of aromatic nitrogens is 1. The molecule has 0 saturated carbocycles. The molecule has 0 bridgehead atoms. The Labute approximate surface area is 117 Å². The molecular weight excluding hydrogens is 254 g/mol. The third-order valence-electron chi connectivity index (χ3n) is 3.53. The molecule has 1 aromatic heterocycles. The molecule has 0 radical (unpaired) electrons. The van der Waals surface area contributed by atoms with Crippen molar-refractivity contribution in [2.24, 2.45) is 0 Å². The summed E-state index contributed by atoms with van der Waals surface area (Å²) in [5.41, 5.74) is 2.45. The van der Waals surface area contributed by atoms with E-state index in [1.807, 2.05) is 12.1 Å². The van der Waals surface area contributed by atoms with Crippen molar-refractivity contribution in [1.82, 2.24) is 5.16 Å². The average Bonchev–Trinajstić information content (AvgIpc) is 2.95. The Morgan fingerprint density at radius 1 is 1.50 bits per heavy atom. The summed E-state index contributed by atoms with van der Waals surface area (Å²) in [6.45, 7) is 5.16. The maximum absolute atomic E-state index is 12.1. The van der Waals surface area contributed by atoms with Gasteiger partial charge in [0, 0.05) is 24.2 Å². The van der Waals surface area contributed by atoms with Gasteiger partial charge in [-0.25, -0.2) is 0 Å². The Balaban J connectivity index is 1.68. The minimum atomic E-state index is -0.0813. The highest BCUT2D eigenvalue weighted by molar-refractivity contribution is 5.93. The minimum absolute atomic E-state index is 0.0813. The molecule has 5 nitrogen and oxygen atoms in total. The van der Waals surface area contributed by atoms with Crippen LogP contribution in [-0.4, -0.2) is 24.2 Å². The van der Waals surface area contributed by atoms with E-state index in [1.165, 1.54) is 5.56 Å². The number of para-hydroxylation sites is 1. The Hall–Kier alpha value is -2.30. The number of fused-ring (bicyclic) bond motifs is 1. The standard InChI is InChI=1S/C15H17N3O2/c1-10-8-18(13-6-4-3-5-12(10)13)9-15(19)16-14-7-11(2)20-17-14/h3-7,10H,8-9H2,1-2H3,(H,16,17,19)/t10-/m1/s1. The lowest BCUT2D eigenvalue weighted by atomic mass is 10.0. The molecule has 1 aliphatic heterocycles. The summed E-state index contributed by atoms with van der Waals surface area (Å²) in [7, 11) is 0. The van der Waals surface area contributed by atoms with Crippen molar-refractivity contribution in [3.63, 3.8) is 0 Å². The summed E-state index contributed by atoms with van der Waals surface area (Å²) in [5.74, 6) is 1.52. The van der Waals surface area contributed by atoms with Gasteiger partial charge < -0.3 is 14.7 Å². The number of anilines is 2. The molecule has 1 aromatic carbocycles. The van der Waals surface area contributed by atoms with Crippen molar-refractivity contribution in [2.75, 3.05) is 23.3 Å². The van der Waals surface area contributed by atoms with Crippen LogP contribution in [0.4, 0.5) is 11.5 Å². The van der Waals surface area contributed by atoms with Crippen LogP contribution in [0.25, 0.3) is 0 Å². The van der Waals surface area contributed by atoms with E-state index >= 15 is 0 Å². The first-order chi connectivity index (χ1) is 9.63. The van der Waals surface area contributed by atoms with E-state index in [-0.39, 0.29) is 5.91 Å². The fourth-order valence-corrected chi connectivity index (χ4v) is 2.65. The molecule has 20 heavy (non-hydrogen) atoms. The Bertz CT molecular complexity index is 636. The van der Waals surface area contributed by atoms with Crippen LogP contribution in [-0.2, 0) is 4.79 Å². The highest BCUT2D eigenvalue weighted by Crippen LogP contribution is 2.35. The molecule has 1 amide bonds. The smallest absolute Gasteiger partial charge is 0.245 e. The predicted octanol–water partition coefficient (Wildman–Crippen LogP) is 2.55. The SMILES string of the molecule is Cc1cc(NC(=O)CN2C[C@@H](C)c3ccccc32)no1. The number of nitrogens with zero attached hydrogens (tertiary/aromatic N) is 2. The molecule has 0 spiro atoms. The number of nitrogens with one attached hydrogen (secondary N) is 1.